The number of halogens is 1. The number of carbonyl (C=O) groups excluding carboxylic acids is 1. The van der Waals surface area contributed by atoms with E-state index in [4.69, 9.17) is 0 Å². The van der Waals surface area contributed by atoms with Gasteiger partial charge in [0.05, 0.1) is 11.3 Å². The van der Waals surface area contributed by atoms with Crippen molar-refractivity contribution in [1.29, 1.82) is 0 Å². The second kappa shape index (κ2) is 5.37. The molecule has 0 bridgehead atoms. The van der Waals surface area contributed by atoms with E-state index >= 15 is 0 Å². The molecule has 0 saturated heterocycles. The quantitative estimate of drug-likeness (QED) is 0.855. The maximum absolute atomic E-state index is 12.6. The lowest BCUT2D eigenvalue weighted by atomic mass is 10.1. The zero-order valence-electron chi connectivity index (χ0n) is 11.6. The minimum Gasteiger partial charge on any atom is -0.325 e. The van der Waals surface area contributed by atoms with Gasteiger partial charge in [0, 0.05) is 16.2 Å². The van der Waals surface area contributed by atoms with E-state index < -0.39 is 10.0 Å². The minimum absolute atomic E-state index is 0.00455. The van der Waals surface area contributed by atoms with Crippen molar-refractivity contribution >= 4 is 37.5 Å². The Morgan fingerprint density at radius 3 is 2.76 bits per heavy atom. The van der Waals surface area contributed by atoms with Crippen molar-refractivity contribution in [3.05, 3.63) is 22.2 Å². The van der Waals surface area contributed by atoms with Crippen molar-refractivity contribution in [1.82, 2.24) is 4.72 Å². The van der Waals surface area contributed by atoms with Crippen molar-refractivity contribution in [3.63, 3.8) is 0 Å². The van der Waals surface area contributed by atoms with Crippen molar-refractivity contribution in [2.24, 2.45) is 5.92 Å². The van der Waals surface area contributed by atoms with Crippen LogP contribution in [0.2, 0.25) is 0 Å². The van der Waals surface area contributed by atoms with E-state index in [1.165, 1.54) is 0 Å². The molecule has 21 heavy (non-hydrogen) atoms. The van der Waals surface area contributed by atoms with E-state index in [1.807, 2.05) is 0 Å². The summed E-state index contributed by atoms with van der Waals surface area (Å²) >= 11 is 3.30. The molecule has 1 amide bonds. The molecule has 0 spiro atoms. The number of amides is 1. The molecule has 1 saturated carbocycles. The average Bonchev–Trinajstić information content (AvgIpc) is 2.92. The Kier molecular flexibility index (Phi) is 3.83. The highest BCUT2D eigenvalue weighted by atomic mass is 79.9. The number of nitrogens with one attached hydrogen (secondary N) is 2. The van der Waals surface area contributed by atoms with Crippen molar-refractivity contribution < 1.29 is 13.2 Å². The molecule has 0 radical (unpaired) electrons. The standard InChI is InChI=1S/C14H17BrN2O3S/c1-8-2-3-10(4-8)17-21(19,20)13-5-9-6-14(18)16-12(9)7-11(13)15/h5,7-8,10,17H,2-4,6H2,1H3,(H,16,18). The van der Waals surface area contributed by atoms with Crippen molar-refractivity contribution in [3.8, 4) is 0 Å². The lowest BCUT2D eigenvalue weighted by molar-refractivity contribution is -0.115. The molecule has 1 fully saturated rings. The van der Waals surface area contributed by atoms with Gasteiger partial charge in [0.2, 0.25) is 15.9 Å². The largest absolute Gasteiger partial charge is 0.325 e. The number of fused-ring (bicyclic) bond motifs is 1. The number of hydrogen-bond acceptors (Lipinski definition) is 3. The van der Waals surface area contributed by atoms with E-state index in [0.29, 0.717) is 16.1 Å². The first-order valence-electron chi connectivity index (χ1n) is 7.00. The van der Waals surface area contributed by atoms with Gasteiger partial charge >= 0.3 is 0 Å². The maximum atomic E-state index is 12.6. The minimum atomic E-state index is -3.57. The summed E-state index contributed by atoms with van der Waals surface area (Å²) in [5.74, 6) is 0.451. The molecule has 2 atom stereocenters. The molecule has 2 unspecified atom stereocenters. The zero-order valence-corrected chi connectivity index (χ0v) is 14.1. The molecule has 2 N–H and O–H groups in total. The van der Waals surface area contributed by atoms with E-state index in [-0.39, 0.29) is 23.3 Å². The van der Waals surface area contributed by atoms with Crippen LogP contribution in [-0.2, 0) is 21.2 Å². The van der Waals surface area contributed by atoms with E-state index in [9.17, 15) is 13.2 Å². The van der Waals surface area contributed by atoms with Crippen LogP contribution in [0.5, 0.6) is 0 Å². The second-order valence-electron chi connectivity index (χ2n) is 5.90. The van der Waals surface area contributed by atoms with Gasteiger partial charge < -0.3 is 5.32 Å². The highest BCUT2D eigenvalue weighted by Gasteiger charge is 2.29. The maximum Gasteiger partial charge on any atom is 0.241 e. The van der Waals surface area contributed by atoms with Crippen LogP contribution in [0.25, 0.3) is 0 Å². The average molecular weight is 373 g/mol. The lowest BCUT2D eigenvalue weighted by Gasteiger charge is -2.15. The summed E-state index contributed by atoms with van der Waals surface area (Å²) in [6.45, 7) is 2.14. The van der Waals surface area contributed by atoms with Gasteiger partial charge in [0.1, 0.15) is 0 Å². The number of carbonyl (C=O) groups is 1. The Labute approximate surface area is 132 Å². The second-order valence-corrected chi connectivity index (χ2v) is 8.44. The summed E-state index contributed by atoms with van der Waals surface area (Å²) in [6.07, 6.45) is 3.04. The van der Waals surface area contributed by atoms with E-state index in [1.54, 1.807) is 12.1 Å². The fourth-order valence-electron chi connectivity index (χ4n) is 3.03. The van der Waals surface area contributed by atoms with Crippen LogP contribution in [-0.4, -0.2) is 20.4 Å². The SMILES string of the molecule is CC1CCC(NS(=O)(=O)c2cc3c(cc2Br)NC(=O)C3)C1. The summed E-state index contributed by atoms with van der Waals surface area (Å²) in [5.41, 5.74) is 1.41. The third kappa shape index (κ3) is 3.00. The summed E-state index contributed by atoms with van der Waals surface area (Å²) < 4.78 is 28.4. The first kappa shape index (κ1) is 15.0. The van der Waals surface area contributed by atoms with Crippen LogP contribution < -0.4 is 10.0 Å². The number of rotatable bonds is 3. The van der Waals surface area contributed by atoms with Gasteiger partial charge in [-0.05, 0) is 58.8 Å². The molecule has 7 heteroatoms. The van der Waals surface area contributed by atoms with Gasteiger partial charge in [-0.2, -0.15) is 0 Å². The smallest absolute Gasteiger partial charge is 0.241 e. The third-order valence-corrected chi connectivity index (χ3v) is 6.57. The predicted octanol–water partition coefficient (Wildman–Crippen LogP) is 2.41. The van der Waals surface area contributed by atoms with E-state index in [0.717, 1.165) is 24.8 Å². The van der Waals surface area contributed by atoms with Gasteiger partial charge in [-0.1, -0.05) is 6.92 Å². The Bertz CT molecular complexity index is 702. The highest BCUT2D eigenvalue weighted by molar-refractivity contribution is 9.10. The first-order valence-corrected chi connectivity index (χ1v) is 9.27. The number of benzene rings is 1. The Hall–Kier alpha value is -0.920. The fraction of sp³-hybridized carbons (Fsp3) is 0.500. The monoisotopic (exact) mass is 372 g/mol. The molecule has 2 aliphatic rings. The Morgan fingerprint density at radius 1 is 1.33 bits per heavy atom. The normalized spacial score (nSPS) is 25.0. The molecular formula is C14H17BrN2O3S. The molecule has 1 heterocycles. The summed E-state index contributed by atoms with van der Waals surface area (Å²) in [4.78, 5) is 11.6. The van der Waals surface area contributed by atoms with Gasteiger partial charge in [-0.25, -0.2) is 13.1 Å². The summed E-state index contributed by atoms with van der Waals surface area (Å²) in [6, 6.07) is 3.24. The zero-order chi connectivity index (χ0) is 15.2. The highest BCUT2D eigenvalue weighted by Crippen LogP contribution is 2.33. The summed E-state index contributed by atoms with van der Waals surface area (Å²) in [7, 11) is -3.57. The van der Waals surface area contributed by atoms with Crippen LogP contribution in [0.4, 0.5) is 5.69 Å². The fourth-order valence-corrected chi connectivity index (χ4v) is 5.40. The number of anilines is 1. The lowest BCUT2D eigenvalue weighted by Crippen LogP contribution is -2.33. The van der Waals surface area contributed by atoms with E-state index in [2.05, 4.69) is 32.9 Å². The first-order chi connectivity index (χ1) is 9.85. The predicted molar refractivity (Wildman–Crippen MR) is 83.6 cm³/mol. The number of hydrogen-bond donors (Lipinski definition) is 2. The van der Waals surface area contributed by atoms with Crippen LogP contribution in [0.15, 0.2) is 21.5 Å². The van der Waals surface area contributed by atoms with Gasteiger partial charge in [-0.15, -0.1) is 0 Å². The molecular weight excluding hydrogens is 356 g/mol. The topological polar surface area (TPSA) is 75.3 Å². The summed E-state index contributed by atoms with van der Waals surface area (Å²) in [5, 5.41) is 2.71. The Morgan fingerprint density at radius 2 is 2.10 bits per heavy atom. The molecule has 1 aliphatic carbocycles. The molecule has 5 nitrogen and oxygen atoms in total. The van der Waals surface area contributed by atoms with Crippen molar-refractivity contribution in [2.45, 2.75) is 43.5 Å². The Balaban J connectivity index is 1.89. The molecule has 1 aromatic carbocycles. The molecule has 1 aliphatic heterocycles. The third-order valence-electron chi connectivity index (χ3n) is 4.09. The van der Waals surface area contributed by atoms with Gasteiger partial charge in [0.25, 0.3) is 0 Å². The van der Waals surface area contributed by atoms with Crippen LogP contribution in [0.1, 0.15) is 31.7 Å². The van der Waals surface area contributed by atoms with Crippen molar-refractivity contribution in [2.75, 3.05) is 5.32 Å². The van der Waals surface area contributed by atoms with Gasteiger partial charge in [0.15, 0.2) is 0 Å². The van der Waals surface area contributed by atoms with Crippen LogP contribution in [0.3, 0.4) is 0 Å². The van der Waals surface area contributed by atoms with Crippen LogP contribution in [0, 0.1) is 5.92 Å². The molecule has 3 rings (SSSR count). The molecule has 0 aromatic heterocycles. The molecule has 1 aromatic rings. The van der Waals surface area contributed by atoms with Crippen LogP contribution >= 0.6 is 15.9 Å². The molecule has 114 valence electrons. The number of sulfonamides is 1. The van der Waals surface area contributed by atoms with Gasteiger partial charge in [-0.3, -0.25) is 4.79 Å².